The number of pyridine rings is 1. The van der Waals surface area contributed by atoms with E-state index in [2.05, 4.69) is 19.9 Å². The first-order valence-electron chi connectivity index (χ1n) is 11.3. The van der Waals surface area contributed by atoms with Gasteiger partial charge in [-0.15, -0.1) is 13.2 Å². The van der Waals surface area contributed by atoms with E-state index in [1.807, 2.05) is 35.2 Å². The number of benzene rings is 2. The number of hydrogen-bond donors (Lipinski definition) is 1. The van der Waals surface area contributed by atoms with Crippen LogP contribution in [0.15, 0.2) is 60.8 Å². The molecule has 1 amide bonds. The number of fused-ring (bicyclic) bond motifs is 1. The van der Waals surface area contributed by atoms with Crippen molar-refractivity contribution in [3.05, 3.63) is 60.8 Å². The lowest BCUT2D eigenvalue weighted by molar-refractivity contribution is -0.274. The summed E-state index contributed by atoms with van der Waals surface area (Å²) >= 11 is 0. The van der Waals surface area contributed by atoms with Crippen LogP contribution in [0.4, 0.5) is 24.5 Å². The second-order valence-corrected chi connectivity index (χ2v) is 8.27. The SMILES string of the molecule is O=C(CCCCN1CCN(c2ccccc2OC(F)(F)F)CC1)Nc1cnc2ccccc2c1. The molecule has 1 aromatic heterocycles. The molecule has 1 fully saturated rings. The fraction of sp³-hybridized carbons (Fsp3) is 0.360. The molecule has 3 aromatic rings. The summed E-state index contributed by atoms with van der Waals surface area (Å²) in [6.07, 6.45) is -0.992. The number of alkyl halides is 3. The fourth-order valence-electron chi connectivity index (χ4n) is 4.13. The lowest BCUT2D eigenvalue weighted by Crippen LogP contribution is -2.46. The minimum absolute atomic E-state index is 0.0387. The molecule has 0 radical (unpaired) electrons. The van der Waals surface area contributed by atoms with Gasteiger partial charge < -0.3 is 15.0 Å². The van der Waals surface area contributed by atoms with Gasteiger partial charge >= 0.3 is 6.36 Å². The number of rotatable bonds is 8. The number of halogens is 3. The normalized spacial score (nSPS) is 14.9. The number of piperazine rings is 1. The van der Waals surface area contributed by atoms with E-state index >= 15 is 0 Å². The van der Waals surface area contributed by atoms with Crippen LogP contribution >= 0.6 is 0 Å². The van der Waals surface area contributed by atoms with Gasteiger partial charge in [-0.2, -0.15) is 0 Å². The van der Waals surface area contributed by atoms with Gasteiger partial charge in [0.05, 0.1) is 23.1 Å². The van der Waals surface area contributed by atoms with Crippen LogP contribution < -0.4 is 15.0 Å². The summed E-state index contributed by atoms with van der Waals surface area (Å²) < 4.78 is 42.2. The molecule has 9 heteroatoms. The predicted molar refractivity (Wildman–Crippen MR) is 126 cm³/mol. The van der Waals surface area contributed by atoms with Crippen molar-refractivity contribution in [1.29, 1.82) is 0 Å². The molecule has 1 saturated heterocycles. The Hall–Kier alpha value is -3.33. The molecule has 0 saturated carbocycles. The zero-order valence-electron chi connectivity index (χ0n) is 18.7. The second kappa shape index (κ2) is 10.7. The molecule has 0 unspecified atom stereocenters. The van der Waals surface area contributed by atoms with E-state index in [0.29, 0.717) is 30.9 Å². The number of carbonyl (C=O) groups excluding carboxylic acids is 1. The first-order valence-corrected chi connectivity index (χ1v) is 11.3. The maximum absolute atomic E-state index is 12.7. The average Bonchev–Trinajstić information content (AvgIpc) is 2.82. The summed E-state index contributed by atoms with van der Waals surface area (Å²) in [6, 6.07) is 15.9. The van der Waals surface area contributed by atoms with Crippen LogP contribution in [0.2, 0.25) is 0 Å². The highest BCUT2D eigenvalue weighted by Crippen LogP contribution is 2.33. The Morgan fingerprint density at radius 1 is 1.00 bits per heavy atom. The first-order chi connectivity index (χ1) is 16.4. The second-order valence-electron chi connectivity index (χ2n) is 8.27. The number of para-hydroxylation sites is 3. The highest BCUT2D eigenvalue weighted by Gasteiger charge is 2.33. The predicted octanol–water partition coefficient (Wildman–Crippen LogP) is 5.06. The van der Waals surface area contributed by atoms with Gasteiger partial charge in [0.1, 0.15) is 0 Å². The van der Waals surface area contributed by atoms with E-state index in [9.17, 15) is 18.0 Å². The van der Waals surface area contributed by atoms with Gasteiger partial charge in [-0.25, -0.2) is 0 Å². The summed E-state index contributed by atoms with van der Waals surface area (Å²) in [7, 11) is 0. The molecule has 1 aliphatic rings. The third-order valence-electron chi connectivity index (χ3n) is 5.81. The average molecular weight is 473 g/mol. The lowest BCUT2D eigenvalue weighted by atomic mass is 10.2. The van der Waals surface area contributed by atoms with Crippen LogP contribution in [-0.4, -0.2) is 54.9 Å². The van der Waals surface area contributed by atoms with Crippen LogP contribution in [0, 0.1) is 0 Å². The van der Waals surface area contributed by atoms with Gasteiger partial charge in [-0.3, -0.25) is 14.7 Å². The molecular weight excluding hydrogens is 445 g/mol. The Labute approximate surface area is 196 Å². The van der Waals surface area contributed by atoms with Crippen molar-refractivity contribution < 1.29 is 22.7 Å². The van der Waals surface area contributed by atoms with E-state index in [-0.39, 0.29) is 11.7 Å². The van der Waals surface area contributed by atoms with Gasteiger partial charge in [-0.1, -0.05) is 30.3 Å². The van der Waals surface area contributed by atoms with E-state index in [4.69, 9.17) is 0 Å². The minimum Gasteiger partial charge on any atom is -0.404 e. The molecule has 34 heavy (non-hydrogen) atoms. The molecule has 6 nitrogen and oxygen atoms in total. The van der Waals surface area contributed by atoms with Crippen molar-refractivity contribution in [3.8, 4) is 5.75 Å². The van der Waals surface area contributed by atoms with Crippen molar-refractivity contribution in [2.24, 2.45) is 0 Å². The highest BCUT2D eigenvalue weighted by atomic mass is 19.4. The third kappa shape index (κ3) is 6.60. The molecule has 4 rings (SSSR count). The van der Waals surface area contributed by atoms with Crippen molar-refractivity contribution in [1.82, 2.24) is 9.88 Å². The van der Waals surface area contributed by atoms with E-state index in [1.54, 1.807) is 18.3 Å². The Kier molecular flexibility index (Phi) is 7.52. The molecule has 0 aliphatic carbocycles. The molecule has 180 valence electrons. The monoisotopic (exact) mass is 472 g/mol. The summed E-state index contributed by atoms with van der Waals surface area (Å²) in [5.41, 5.74) is 2.03. The van der Waals surface area contributed by atoms with Crippen molar-refractivity contribution in [2.45, 2.75) is 25.6 Å². The van der Waals surface area contributed by atoms with Crippen molar-refractivity contribution in [3.63, 3.8) is 0 Å². The van der Waals surface area contributed by atoms with E-state index in [1.165, 1.54) is 12.1 Å². The van der Waals surface area contributed by atoms with Gasteiger partial charge in [-0.05, 0) is 43.7 Å². The Balaban J connectivity index is 1.17. The van der Waals surface area contributed by atoms with Crippen LogP contribution in [0.25, 0.3) is 10.9 Å². The van der Waals surface area contributed by atoms with Crippen molar-refractivity contribution in [2.75, 3.05) is 42.9 Å². The molecule has 0 spiro atoms. The molecule has 0 bridgehead atoms. The number of carbonyl (C=O) groups is 1. The molecule has 1 N–H and O–H groups in total. The largest absolute Gasteiger partial charge is 0.573 e. The van der Waals surface area contributed by atoms with Gasteiger partial charge in [0.15, 0.2) is 5.75 Å². The quantitative estimate of drug-likeness (QED) is 0.464. The maximum atomic E-state index is 12.7. The fourth-order valence-corrected chi connectivity index (χ4v) is 4.13. The summed E-state index contributed by atoms with van der Waals surface area (Å²) in [6.45, 7) is 3.57. The number of hydrogen-bond acceptors (Lipinski definition) is 5. The third-order valence-corrected chi connectivity index (χ3v) is 5.81. The summed E-state index contributed by atoms with van der Waals surface area (Å²) in [5, 5.41) is 3.88. The van der Waals surface area contributed by atoms with Gasteiger partial charge in [0.25, 0.3) is 0 Å². The number of nitrogens with one attached hydrogen (secondary N) is 1. The smallest absolute Gasteiger partial charge is 0.404 e. The highest BCUT2D eigenvalue weighted by molar-refractivity contribution is 5.93. The maximum Gasteiger partial charge on any atom is 0.573 e. The Morgan fingerprint density at radius 2 is 1.74 bits per heavy atom. The standard InChI is InChI=1S/C25H27F3N4O2/c26-25(27,28)34-23-10-4-3-9-22(23)32-15-13-31(14-16-32)12-6-5-11-24(33)30-20-17-19-7-1-2-8-21(19)29-18-20/h1-4,7-10,17-18H,5-6,11-16H2,(H,30,33). The number of nitrogens with zero attached hydrogens (tertiary/aromatic N) is 3. The van der Waals surface area contributed by atoms with E-state index in [0.717, 1.165) is 43.4 Å². The van der Waals surface area contributed by atoms with Gasteiger partial charge in [0.2, 0.25) is 5.91 Å². The van der Waals surface area contributed by atoms with Crippen molar-refractivity contribution >= 4 is 28.2 Å². The number of anilines is 2. The summed E-state index contributed by atoms with van der Waals surface area (Å²) in [4.78, 5) is 20.8. The molecular formula is C25H27F3N4O2. The zero-order chi connectivity index (χ0) is 24.0. The number of ether oxygens (including phenoxy) is 1. The topological polar surface area (TPSA) is 57.7 Å². The van der Waals surface area contributed by atoms with Crippen LogP contribution in [-0.2, 0) is 4.79 Å². The van der Waals surface area contributed by atoms with Crippen LogP contribution in [0.1, 0.15) is 19.3 Å². The van der Waals surface area contributed by atoms with E-state index < -0.39 is 6.36 Å². The first kappa shape index (κ1) is 23.8. The Bertz CT molecular complexity index is 1110. The number of amides is 1. The van der Waals surface area contributed by atoms with Crippen LogP contribution in [0.3, 0.4) is 0 Å². The Morgan fingerprint density at radius 3 is 2.53 bits per heavy atom. The molecule has 1 aliphatic heterocycles. The number of unbranched alkanes of at least 4 members (excludes halogenated alkanes) is 1. The molecule has 2 aromatic carbocycles. The lowest BCUT2D eigenvalue weighted by Gasteiger charge is -2.36. The summed E-state index contributed by atoms with van der Waals surface area (Å²) in [5.74, 6) is -0.209. The zero-order valence-corrected chi connectivity index (χ0v) is 18.7. The minimum atomic E-state index is -4.71. The number of aromatic nitrogens is 1. The van der Waals surface area contributed by atoms with Crippen LogP contribution in [0.5, 0.6) is 5.75 Å². The molecule has 0 atom stereocenters. The van der Waals surface area contributed by atoms with Gasteiger partial charge in [0, 0.05) is 38.0 Å². The molecule has 2 heterocycles.